The fourth-order valence-electron chi connectivity index (χ4n) is 1.26. The first kappa shape index (κ1) is 12.4. The number of aryl methyl sites for hydroxylation is 1. The minimum Gasteiger partial charge on any atom is -0.307 e. The fraction of sp³-hybridized carbons (Fsp3) is 0.600. The molecular formula is C10H16BrN3O. The summed E-state index contributed by atoms with van der Waals surface area (Å²) in [4.78, 5) is 11.9. The number of Topliss-reactive ketones (excluding diaryl/α,β-unsaturated/α-hetero) is 1. The Balaban J connectivity index is 2.76. The molecule has 4 nitrogen and oxygen atoms in total. The highest BCUT2D eigenvalue weighted by Gasteiger charge is 2.15. The van der Waals surface area contributed by atoms with Gasteiger partial charge in [-0.25, -0.2) is 0 Å². The number of ketones is 1. The zero-order chi connectivity index (χ0) is 11.4. The summed E-state index contributed by atoms with van der Waals surface area (Å²) in [5.41, 5.74) is 0.644. The van der Waals surface area contributed by atoms with Gasteiger partial charge in [0.1, 0.15) is 5.69 Å². The third-order valence-electron chi connectivity index (χ3n) is 2.03. The van der Waals surface area contributed by atoms with Crippen LogP contribution >= 0.6 is 15.9 Å². The molecule has 5 heteroatoms. The Morgan fingerprint density at radius 2 is 2.33 bits per heavy atom. The van der Waals surface area contributed by atoms with Crippen LogP contribution in [-0.4, -0.2) is 28.2 Å². The zero-order valence-corrected chi connectivity index (χ0v) is 10.8. The van der Waals surface area contributed by atoms with Crippen LogP contribution in [0.5, 0.6) is 0 Å². The maximum Gasteiger partial charge on any atom is 0.195 e. The van der Waals surface area contributed by atoms with Crippen LogP contribution in [-0.2, 0) is 6.54 Å². The smallest absolute Gasteiger partial charge is 0.195 e. The molecule has 0 unspecified atom stereocenters. The molecule has 0 amide bonds. The maximum absolute atomic E-state index is 11.9. The Hall–Kier alpha value is -0.680. The Bertz CT molecular complexity index is 346. The summed E-state index contributed by atoms with van der Waals surface area (Å²) in [6.45, 7) is 7.04. The van der Waals surface area contributed by atoms with Gasteiger partial charge in [0.2, 0.25) is 0 Å². The number of carbonyl (C=O) groups is 1. The Morgan fingerprint density at radius 3 is 2.87 bits per heavy atom. The molecule has 1 rings (SSSR count). The zero-order valence-electron chi connectivity index (χ0n) is 9.25. The van der Waals surface area contributed by atoms with Gasteiger partial charge >= 0.3 is 0 Å². The molecule has 0 fully saturated rings. The number of nitrogens with zero attached hydrogens (tertiary/aromatic N) is 2. The monoisotopic (exact) mass is 273 g/mol. The highest BCUT2D eigenvalue weighted by atomic mass is 79.9. The van der Waals surface area contributed by atoms with Crippen LogP contribution in [0.3, 0.4) is 0 Å². The summed E-state index contributed by atoms with van der Waals surface area (Å²) in [5, 5.41) is 7.20. The predicted molar refractivity (Wildman–Crippen MR) is 63.1 cm³/mol. The van der Waals surface area contributed by atoms with E-state index in [0.29, 0.717) is 24.8 Å². The summed E-state index contributed by atoms with van der Waals surface area (Å²) in [6.07, 6.45) is 1.66. The molecule has 15 heavy (non-hydrogen) atoms. The number of rotatable bonds is 5. The predicted octanol–water partition coefficient (Wildman–Crippen LogP) is 1.85. The molecule has 0 aliphatic heterocycles. The van der Waals surface area contributed by atoms with Crippen LogP contribution in [0.25, 0.3) is 0 Å². The molecule has 1 aromatic rings. The van der Waals surface area contributed by atoms with E-state index in [9.17, 15) is 4.79 Å². The Labute approximate surface area is 98.2 Å². The SMILES string of the molecule is CCn1ncc(Br)c1C(=O)CNC(C)C. The lowest BCUT2D eigenvalue weighted by Gasteiger charge is -2.08. The normalized spacial score (nSPS) is 11.0. The summed E-state index contributed by atoms with van der Waals surface area (Å²) < 4.78 is 2.47. The first-order chi connectivity index (χ1) is 7.06. The van der Waals surface area contributed by atoms with Crippen molar-refractivity contribution in [3.63, 3.8) is 0 Å². The van der Waals surface area contributed by atoms with E-state index >= 15 is 0 Å². The van der Waals surface area contributed by atoms with Crippen molar-refractivity contribution >= 4 is 21.7 Å². The molecule has 0 spiro atoms. The fourth-order valence-corrected chi connectivity index (χ4v) is 1.78. The standard InChI is InChI=1S/C10H16BrN3O/c1-4-14-10(8(11)5-13-14)9(15)6-12-7(2)3/h5,7,12H,4,6H2,1-3H3. The number of hydrogen-bond acceptors (Lipinski definition) is 3. The van der Waals surface area contributed by atoms with Gasteiger partial charge in [0.15, 0.2) is 5.78 Å². The summed E-state index contributed by atoms with van der Waals surface area (Å²) in [7, 11) is 0. The van der Waals surface area contributed by atoms with Gasteiger partial charge in [0.05, 0.1) is 17.2 Å². The first-order valence-electron chi connectivity index (χ1n) is 5.04. The number of halogens is 1. The molecule has 0 aliphatic rings. The molecule has 0 saturated heterocycles. The van der Waals surface area contributed by atoms with Crippen molar-refractivity contribution in [2.24, 2.45) is 0 Å². The van der Waals surface area contributed by atoms with Crippen LogP contribution in [0.1, 0.15) is 31.3 Å². The van der Waals surface area contributed by atoms with Crippen LogP contribution < -0.4 is 5.32 Å². The van der Waals surface area contributed by atoms with Crippen molar-refractivity contribution in [1.29, 1.82) is 0 Å². The van der Waals surface area contributed by atoms with Crippen LogP contribution in [0.2, 0.25) is 0 Å². The average molecular weight is 274 g/mol. The van der Waals surface area contributed by atoms with Crippen molar-refractivity contribution in [3.8, 4) is 0 Å². The van der Waals surface area contributed by atoms with Gasteiger partial charge in [0.25, 0.3) is 0 Å². The van der Waals surface area contributed by atoms with E-state index in [0.717, 1.165) is 4.47 Å². The molecule has 1 N–H and O–H groups in total. The number of nitrogens with one attached hydrogen (secondary N) is 1. The van der Waals surface area contributed by atoms with E-state index < -0.39 is 0 Å². The van der Waals surface area contributed by atoms with Gasteiger partial charge in [-0.3, -0.25) is 9.48 Å². The quantitative estimate of drug-likeness (QED) is 0.833. The molecule has 0 aromatic carbocycles. The molecular weight excluding hydrogens is 258 g/mol. The summed E-state index contributed by atoms with van der Waals surface area (Å²) in [6, 6.07) is 0.311. The number of aromatic nitrogens is 2. The molecule has 0 radical (unpaired) electrons. The van der Waals surface area contributed by atoms with Crippen LogP contribution in [0, 0.1) is 0 Å². The van der Waals surface area contributed by atoms with Crippen molar-refractivity contribution in [1.82, 2.24) is 15.1 Å². The number of carbonyl (C=O) groups excluding carboxylic acids is 1. The van der Waals surface area contributed by atoms with Crippen LogP contribution in [0.4, 0.5) is 0 Å². The van der Waals surface area contributed by atoms with E-state index in [1.165, 1.54) is 0 Å². The van der Waals surface area contributed by atoms with E-state index in [-0.39, 0.29) is 5.78 Å². The molecule has 0 aliphatic carbocycles. The third-order valence-corrected chi connectivity index (χ3v) is 2.61. The second kappa shape index (κ2) is 5.42. The van der Waals surface area contributed by atoms with E-state index in [1.54, 1.807) is 10.9 Å². The van der Waals surface area contributed by atoms with Crippen molar-refractivity contribution < 1.29 is 4.79 Å². The van der Waals surface area contributed by atoms with Gasteiger partial charge in [-0.2, -0.15) is 5.10 Å². The lowest BCUT2D eigenvalue weighted by atomic mass is 10.2. The van der Waals surface area contributed by atoms with Gasteiger partial charge < -0.3 is 5.32 Å². The van der Waals surface area contributed by atoms with E-state index in [2.05, 4.69) is 26.3 Å². The molecule has 0 saturated carbocycles. The van der Waals surface area contributed by atoms with Crippen molar-refractivity contribution in [2.75, 3.05) is 6.54 Å². The van der Waals surface area contributed by atoms with E-state index in [1.807, 2.05) is 20.8 Å². The summed E-state index contributed by atoms with van der Waals surface area (Å²) >= 11 is 3.33. The van der Waals surface area contributed by atoms with Crippen molar-refractivity contribution in [2.45, 2.75) is 33.4 Å². The minimum atomic E-state index is 0.0647. The minimum absolute atomic E-state index is 0.0647. The highest BCUT2D eigenvalue weighted by Crippen LogP contribution is 2.16. The molecule has 1 heterocycles. The topological polar surface area (TPSA) is 46.9 Å². The van der Waals surface area contributed by atoms with Gasteiger partial charge in [-0.15, -0.1) is 0 Å². The molecule has 0 bridgehead atoms. The first-order valence-corrected chi connectivity index (χ1v) is 5.83. The maximum atomic E-state index is 11.9. The average Bonchev–Trinajstić information content (AvgIpc) is 2.56. The molecule has 1 aromatic heterocycles. The van der Waals surface area contributed by atoms with Gasteiger partial charge in [0, 0.05) is 12.6 Å². The van der Waals surface area contributed by atoms with Crippen molar-refractivity contribution in [3.05, 3.63) is 16.4 Å². The Kier molecular flexibility index (Phi) is 4.47. The third kappa shape index (κ3) is 3.14. The lowest BCUT2D eigenvalue weighted by Crippen LogP contribution is -2.30. The van der Waals surface area contributed by atoms with Crippen LogP contribution in [0.15, 0.2) is 10.7 Å². The molecule has 0 atom stereocenters. The molecule has 84 valence electrons. The second-order valence-electron chi connectivity index (χ2n) is 3.62. The largest absolute Gasteiger partial charge is 0.307 e. The lowest BCUT2D eigenvalue weighted by molar-refractivity contribution is 0.0977. The van der Waals surface area contributed by atoms with Gasteiger partial charge in [-0.1, -0.05) is 13.8 Å². The summed E-state index contributed by atoms with van der Waals surface area (Å²) in [5.74, 6) is 0.0647. The van der Waals surface area contributed by atoms with Gasteiger partial charge in [-0.05, 0) is 22.9 Å². The second-order valence-corrected chi connectivity index (χ2v) is 4.47. The number of hydrogen-bond donors (Lipinski definition) is 1. The Morgan fingerprint density at radius 1 is 1.67 bits per heavy atom. The highest BCUT2D eigenvalue weighted by molar-refractivity contribution is 9.10. The van der Waals surface area contributed by atoms with E-state index in [4.69, 9.17) is 0 Å².